The second-order valence-corrected chi connectivity index (χ2v) is 8.58. The zero-order valence-electron chi connectivity index (χ0n) is 17.6. The predicted octanol–water partition coefficient (Wildman–Crippen LogP) is 5.44. The molecule has 2 aromatic carbocycles. The van der Waals surface area contributed by atoms with E-state index in [2.05, 4.69) is 19.2 Å². The van der Waals surface area contributed by atoms with E-state index in [-0.39, 0.29) is 18.1 Å². The van der Waals surface area contributed by atoms with Gasteiger partial charge in [-0.2, -0.15) is 0 Å². The van der Waals surface area contributed by atoms with Crippen molar-refractivity contribution < 1.29 is 14.3 Å². The molecule has 4 rings (SSSR count). The van der Waals surface area contributed by atoms with E-state index in [0.29, 0.717) is 30.0 Å². The highest BCUT2D eigenvalue weighted by atomic mass is 19.1. The van der Waals surface area contributed by atoms with Gasteiger partial charge in [0.1, 0.15) is 11.5 Å². The smallest absolute Gasteiger partial charge is 0.352 e. The van der Waals surface area contributed by atoms with Gasteiger partial charge < -0.3 is 15.0 Å². The van der Waals surface area contributed by atoms with Gasteiger partial charge >= 0.3 is 5.97 Å². The second kappa shape index (κ2) is 8.60. The minimum absolute atomic E-state index is 0.186. The lowest BCUT2D eigenvalue weighted by molar-refractivity contribution is 0.0684. The van der Waals surface area contributed by atoms with E-state index in [1.54, 1.807) is 22.8 Å². The van der Waals surface area contributed by atoms with Crippen LogP contribution in [-0.4, -0.2) is 21.7 Å². The Balaban J connectivity index is 1.73. The van der Waals surface area contributed by atoms with Crippen LogP contribution >= 0.6 is 0 Å². The van der Waals surface area contributed by atoms with Crippen molar-refractivity contribution in [2.75, 3.05) is 0 Å². The molecular formula is C25H29FN2O2. The molecule has 0 bridgehead atoms. The number of carboxylic acids is 1. The average Bonchev–Trinajstić information content (AvgIpc) is 3.04. The maximum atomic E-state index is 14.3. The van der Waals surface area contributed by atoms with Crippen molar-refractivity contribution in [3.05, 3.63) is 71.2 Å². The Morgan fingerprint density at radius 3 is 2.63 bits per heavy atom. The van der Waals surface area contributed by atoms with Crippen molar-refractivity contribution in [2.24, 2.45) is 11.8 Å². The summed E-state index contributed by atoms with van der Waals surface area (Å²) in [5.41, 5.74) is 2.32. The third kappa shape index (κ3) is 3.86. The summed E-state index contributed by atoms with van der Waals surface area (Å²) in [7, 11) is 0. The number of rotatable bonds is 6. The minimum Gasteiger partial charge on any atom is -0.477 e. The van der Waals surface area contributed by atoms with Crippen LogP contribution in [0.4, 0.5) is 4.39 Å². The number of halogens is 1. The number of hydrogen-bond donors (Lipinski definition) is 2. The van der Waals surface area contributed by atoms with Crippen LogP contribution in [-0.2, 0) is 13.1 Å². The summed E-state index contributed by atoms with van der Waals surface area (Å²) < 4.78 is 16.0. The largest absolute Gasteiger partial charge is 0.477 e. The van der Waals surface area contributed by atoms with Gasteiger partial charge in [0.2, 0.25) is 0 Å². The minimum atomic E-state index is -0.982. The highest BCUT2D eigenvalue weighted by Gasteiger charge is 2.28. The number of benzene rings is 2. The Labute approximate surface area is 176 Å². The summed E-state index contributed by atoms with van der Waals surface area (Å²) in [4.78, 5) is 12.3. The molecule has 0 radical (unpaired) electrons. The Morgan fingerprint density at radius 2 is 1.87 bits per heavy atom. The first-order valence-corrected chi connectivity index (χ1v) is 10.8. The molecule has 30 heavy (non-hydrogen) atoms. The van der Waals surface area contributed by atoms with Gasteiger partial charge in [-0.05, 0) is 30.4 Å². The number of hydrogen-bond acceptors (Lipinski definition) is 2. The van der Waals surface area contributed by atoms with Gasteiger partial charge in [-0.3, -0.25) is 0 Å². The molecule has 1 aliphatic carbocycles. The first-order valence-electron chi connectivity index (χ1n) is 10.8. The van der Waals surface area contributed by atoms with Crippen molar-refractivity contribution in [3.8, 4) is 0 Å². The second-order valence-electron chi connectivity index (χ2n) is 8.58. The zero-order chi connectivity index (χ0) is 21.3. The lowest BCUT2D eigenvalue weighted by atomic mass is 9.78. The van der Waals surface area contributed by atoms with Crippen molar-refractivity contribution >= 4 is 16.9 Å². The molecule has 0 spiro atoms. The molecule has 0 saturated heterocycles. The molecule has 0 aliphatic heterocycles. The lowest BCUT2D eigenvalue weighted by Gasteiger charge is -2.34. The van der Waals surface area contributed by atoms with Crippen LogP contribution in [0.15, 0.2) is 48.5 Å². The fourth-order valence-corrected chi connectivity index (χ4v) is 4.86. The first kappa shape index (κ1) is 20.6. The van der Waals surface area contributed by atoms with Gasteiger partial charge in [0.15, 0.2) is 0 Å². The number of nitrogens with one attached hydrogen (secondary N) is 1. The molecule has 1 aromatic heterocycles. The van der Waals surface area contributed by atoms with E-state index in [0.717, 1.165) is 22.9 Å². The van der Waals surface area contributed by atoms with Gasteiger partial charge in [-0.15, -0.1) is 0 Å². The summed E-state index contributed by atoms with van der Waals surface area (Å²) in [6.07, 6.45) is 3.56. The average molecular weight is 409 g/mol. The molecule has 5 heteroatoms. The lowest BCUT2D eigenvalue weighted by Crippen LogP contribution is -2.40. The first-order chi connectivity index (χ1) is 14.5. The molecule has 3 atom stereocenters. The normalized spacial score (nSPS) is 21.8. The fraction of sp³-hybridized carbons (Fsp3) is 0.400. The molecule has 4 nitrogen and oxygen atoms in total. The standard InChI is InChI=1S/C25H29FN2O2/c1-16-8-7-12-22(17(16)2)27-14-20-19-10-4-6-13-23(19)28(24(20)25(29)30)15-18-9-3-5-11-21(18)26/h3-6,9-11,13,16-17,22,27H,7-8,12,14-15H2,1-2H3,(H,29,30)/t16-,17-,22-/m1/s1. The fourth-order valence-electron chi connectivity index (χ4n) is 4.86. The zero-order valence-corrected chi connectivity index (χ0v) is 17.6. The summed E-state index contributed by atoms with van der Waals surface area (Å²) in [6.45, 7) is 5.25. The van der Waals surface area contributed by atoms with Gasteiger partial charge in [0.05, 0.1) is 6.54 Å². The molecule has 1 saturated carbocycles. The van der Waals surface area contributed by atoms with Gasteiger partial charge in [0, 0.05) is 34.6 Å². The third-order valence-corrected chi connectivity index (χ3v) is 6.81. The number of nitrogens with zero attached hydrogens (tertiary/aromatic N) is 1. The predicted molar refractivity (Wildman–Crippen MR) is 117 cm³/mol. The van der Waals surface area contributed by atoms with E-state index in [1.165, 1.54) is 18.9 Å². The summed E-state index contributed by atoms with van der Waals surface area (Å²) >= 11 is 0. The summed E-state index contributed by atoms with van der Waals surface area (Å²) in [5, 5.41) is 14.6. The number of aromatic nitrogens is 1. The molecule has 158 valence electrons. The van der Waals surface area contributed by atoms with Gasteiger partial charge in [0.25, 0.3) is 0 Å². The van der Waals surface area contributed by atoms with Crippen LogP contribution in [0.2, 0.25) is 0 Å². The van der Waals surface area contributed by atoms with Crippen LogP contribution in [0, 0.1) is 17.7 Å². The molecule has 1 aliphatic rings. The van der Waals surface area contributed by atoms with Crippen molar-refractivity contribution in [1.82, 2.24) is 9.88 Å². The molecule has 1 fully saturated rings. The monoisotopic (exact) mass is 408 g/mol. The number of para-hydroxylation sites is 1. The molecule has 0 unspecified atom stereocenters. The number of fused-ring (bicyclic) bond motifs is 1. The van der Waals surface area contributed by atoms with Crippen LogP contribution in [0.25, 0.3) is 10.9 Å². The molecule has 3 aromatic rings. The molecule has 0 amide bonds. The summed E-state index contributed by atoms with van der Waals surface area (Å²) in [6, 6.07) is 14.6. The third-order valence-electron chi connectivity index (χ3n) is 6.81. The highest BCUT2D eigenvalue weighted by molar-refractivity contribution is 5.98. The molecular weight excluding hydrogens is 379 g/mol. The maximum absolute atomic E-state index is 14.3. The Hall–Kier alpha value is -2.66. The Kier molecular flexibility index (Phi) is 5.91. The highest BCUT2D eigenvalue weighted by Crippen LogP contribution is 2.32. The topological polar surface area (TPSA) is 54.3 Å². The van der Waals surface area contributed by atoms with E-state index in [4.69, 9.17) is 0 Å². The van der Waals surface area contributed by atoms with E-state index in [1.807, 2.05) is 24.3 Å². The van der Waals surface area contributed by atoms with E-state index in [9.17, 15) is 14.3 Å². The number of carboxylic acid groups (broad SMARTS) is 1. The van der Waals surface area contributed by atoms with E-state index < -0.39 is 5.97 Å². The van der Waals surface area contributed by atoms with Crippen LogP contribution < -0.4 is 5.32 Å². The number of aromatic carboxylic acids is 1. The number of carbonyl (C=O) groups is 1. The molecule has 1 heterocycles. The Bertz CT molecular complexity index is 1060. The maximum Gasteiger partial charge on any atom is 0.352 e. The van der Waals surface area contributed by atoms with Crippen LogP contribution in [0.3, 0.4) is 0 Å². The van der Waals surface area contributed by atoms with Crippen LogP contribution in [0.1, 0.15) is 54.7 Å². The van der Waals surface area contributed by atoms with Crippen LogP contribution in [0.5, 0.6) is 0 Å². The van der Waals surface area contributed by atoms with Gasteiger partial charge in [-0.25, -0.2) is 9.18 Å². The van der Waals surface area contributed by atoms with Crippen molar-refractivity contribution in [3.63, 3.8) is 0 Å². The van der Waals surface area contributed by atoms with Gasteiger partial charge in [-0.1, -0.05) is 63.1 Å². The van der Waals surface area contributed by atoms with Crippen molar-refractivity contribution in [2.45, 2.75) is 52.2 Å². The SMILES string of the molecule is C[C@@H]1[C@H](C)CCC[C@H]1NCc1c(C(=O)O)n(Cc2ccccc2F)c2ccccc12. The quantitative estimate of drug-likeness (QED) is 0.571. The van der Waals surface area contributed by atoms with Crippen molar-refractivity contribution in [1.29, 1.82) is 0 Å². The molecule has 2 N–H and O–H groups in total. The Morgan fingerprint density at radius 1 is 1.13 bits per heavy atom. The van der Waals surface area contributed by atoms with E-state index >= 15 is 0 Å². The summed E-state index contributed by atoms with van der Waals surface area (Å²) in [5.74, 6) is -0.0860.